The van der Waals surface area contributed by atoms with Gasteiger partial charge in [-0.2, -0.15) is 5.10 Å². The molecular weight excluding hydrogens is 264 g/mol. The molecule has 0 aliphatic carbocycles. The third kappa shape index (κ3) is 3.61. The van der Waals surface area contributed by atoms with E-state index in [0.29, 0.717) is 18.4 Å². The van der Waals surface area contributed by atoms with Crippen LogP contribution in [-0.2, 0) is 6.54 Å². The minimum absolute atomic E-state index is 0.567. The summed E-state index contributed by atoms with van der Waals surface area (Å²) in [4.78, 5) is 6.83. The minimum Gasteiger partial charge on any atom is -0.478 e. The Bertz CT molecular complexity index is 538. The maximum absolute atomic E-state index is 5.38. The zero-order valence-electron chi connectivity index (χ0n) is 12.5. The first-order chi connectivity index (χ1) is 10.3. The molecule has 1 aliphatic heterocycles. The molecule has 1 aliphatic rings. The number of ether oxygens (including phenoxy) is 1. The third-order valence-corrected chi connectivity index (χ3v) is 3.96. The van der Waals surface area contributed by atoms with Crippen molar-refractivity contribution in [2.24, 2.45) is 0 Å². The van der Waals surface area contributed by atoms with Crippen molar-refractivity contribution in [3.05, 3.63) is 41.9 Å². The number of aromatic amines is 1. The first kappa shape index (κ1) is 14.1. The third-order valence-electron chi connectivity index (χ3n) is 3.96. The normalized spacial score (nSPS) is 19.6. The zero-order chi connectivity index (χ0) is 14.5. The van der Waals surface area contributed by atoms with Crippen LogP contribution in [0.15, 0.2) is 30.6 Å². The van der Waals surface area contributed by atoms with Gasteiger partial charge < -0.3 is 4.74 Å². The van der Waals surface area contributed by atoms with Gasteiger partial charge in [0.15, 0.2) is 0 Å². The zero-order valence-corrected chi connectivity index (χ0v) is 12.5. The van der Waals surface area contributed by atoms with Crippen molar-refractivity contribution in [3.8, 4) is 5.88 Å². The Morgan fingerprint density at radius 2 is 2.33 bits per heavy atom. The fourth-order valence-electron chi connectivity index (χ4n) is 2.94. The Labute approximate surface area is 125 Å². The molecule has 0 amide bonds. The second kappa shape index (κ2) is 6.72. The molecule has 0 spiro atoms. The van der Waals surface area contributed by atoms with Crippen LogP contribution in [0.2, 0.25) is 0 Å². The van der Waals surface area contributed by atoms with Crippen molar-refractivity contribution < 1.29 is 4.74 Å². The molecule has 3 heterocycles. The molecule has 3 rings (SSSR count). The number of H-pyrrole nitrogens is 1. The van der Waals surface area contributed by atoms with Gasteiger partial charge in [0.2, 0.25) is 5.88 Å². The summed E-state index contributed by atoms with van der Waals surface area (Å²) in [6.45, 7) is 5.81. The van der Waals surface area contributed by atoms with Crippen molar-refractivity contribution in [1.29, 1.82) is 0 Å². The summed E-state index contributed by atoms with van der Waals surface area (Å²) in [5, 5.41) is 7.17. The molecule has 21 heavy (non-hydrogen) atoms. The van der Waals surface area contributed by atoms with Gasteiger partial charge in [-0.1, -0.05) is 6.07 Å². The number of nitrogens with one attached hydrogen (secondary N) is 1. The van der Waals surface area contributed by atoms with Crippen LogP contribution in [0.4, 0.5) is 0 Å². The number of aromatic nitrogens is 3. The molecule has 0 radical (unpaired) electrons. The van der Waals surface area contributed by atoms with E-state index < -0.39 is 0 Å². The summed E-state index contributed by atoms with van der Waals surface area (Å²) >= 11 is 0. The van der Waals surface area contributed by atoms with Crippen LogP contribution in [0.5, 0.6) is 5.88 Å². The molecule has 2 aromatic rings. The lowest BCUT2D eigenvalue weighted by Crippen LogP contribution is -2.34. The molecule has 0 aromatic carbocycles. The van der Waals surface area contributed by atoms with E-state index in [-0.39, 0.29) is 0 Å². The Morgan fingerprint density at radius 3 is 3.05 bits per heavy atom. The number of pyridine rings is 1. The first-order valence-electron chi connectivity index (χ1n) is 7.64. The topological polar surface area (TPSA) is 54.0 Å². The minimum atomic E-state index is 0.567. The quantitative estimate of drug-likeness (QED) is 0.918. The standard InChI is InChI=1S/C16H22N4O/c1-2-21-16-6-5-13(10-17-16)11-20-9-3-4-14(12-20)15-7-8-18-19-15/h5-8,10,14H,2-4,9,11-12H2,1H3,(H,18,19)/t14-/m1/s1. The molecule has 2 aromatic heterocycles. The predicted octanol–water partition coefficient (Wildman–Crippen LogP) is 2.58. The lowest BCUT2D eigenvalue weighted by atomic mass is 9.94. The summed E-state index contributed by atoms with van der Waals surface area (Å²) in [6.07, 6.45) is 6.23. The summed E-state index contributed by atoms with van der Waals surface area (Å²) in [5.41, 5.74) is 2.49. The lowest BCUT2D eigenvalue weighted by molar-refractivity contribution is 0.198. The van der Waals surface area contributed by atoms with Crippen LogP contribution in [0.3, 0.4) is 0 Å². The summed E-state index contributed by atoms with van der Waals surface area (Å²) < 4.78 is 5.38. The second-order valence-corrected chi connectivity index (χ2v) is 5.52. The highest BCUT2D eigenvalue weighted by Crippen LogP contribution is 2.26. The molecular formula is C16H22N4O. The molecule has 1 N–H and O–H groups in total. The van der Waals surface area contributed by atoms with Crippen LogP contribution >= 0.6 is 0 Å². The highest BCUT2D eigenvalue weighted by Gasteiger charge is 2.22. The van der Waals surface area contributed by atoms with E-state index in [1.807, 2.05) is 25.4 Å². The van der Waals surface area contributed by atoms with Crippen LogP contribution in [-0.4, -0.2) is 39.8 Å². The maximum Gasteiger partial charge on any atom is 0.213 e. The molecule has 0 saturated carbocycles. The molecule has 1 atom stereocenters. The van der Waals surface area contributed by atoms with Gasteiger partial charge in [-0.25, -0.2) is 4.98 Å². The van der Waals surface area contributed by atoms with Gasteiger partial charge in [0.25, 0.3) is 0 Å². The second-order valence-electron chi connectivity index (χ2n) is 5.52. The summed E-state index contributed by atoms with van der Waals surface area (Å²) in [7, 11) is 0. The molecule has 5 heteroatoms. The monoisotopic (exact) mass is 286 g/mol. The Morgan fingerprint density at radius 1 is 1.38 bits per heavy atom. The van der Waals surface area contributed by atoms with Crippen LogP contribution < -0.4 is 4.74 Å². The predicted molar refractivity (Wildman–Crippen MR) is 81.2 cm³/mol. The SMILES string of the molecule is CCOc1ccc(CN2CCC[C@@H](c3ccn[nH]3)C2)cn1. The number of rotatable bonds is 5. The van der Waals surface area contributed by atoms with Gasteiger partial charge in [0, 0.05) is 43.2 Å². The van der Waals surface area contributed by atoms with Crippen molar-refractivity contribution in [2.45, 2.75) is 32.2 Å². The van der Waals surface area contributed by atoms with Crippen molar-refractivity contribution in [3.63, 3.8) is 0 Å². The maximum atomic E-state index is 5.38. The fraction of sp³-hybridized carbons (Fsp3) is 0.500. The van der Waals surface area contributed by atoms with Crippen molar-refractivity contribution in [1.82, 2.24) is 20.1 Å². The lowest BCUT2D eigenvalue weighted by Gasteiger charge is -2.32. The van der Waals surface area contributed by atoms with Crippen molar-refractivity contribution >= 4 is 0 Å². The van der Waals surface area contributed by atoms with Gasteiger partial charge in [0.05, 0.1) is 6.61 Å². The fourth-order valence-corrected chi connectivity index (χ4v) is 2.94. The van der Waals surface area contributed by atoms with Crippen LogP contribution in [0.25, 0.3) is 0 Å². The van der Waals surface area contributed by atoms with Crippen LogP contribution in [0, 0.1) is 0 Å². The molecule has 1 fully saturated rings. The average Bonchev–Trinajstić information content (AvgIpc) is 3.04. The Kier molecular flexibility index (Phi) is 4.50. The number of likely N-dealkylation sites (tertiary alicyclic amines) is 1. The highest BCUT2D eigenvalue weighted by molar-refractivity contribution is 5.18. The number of hydrogen-bond acceptors (Lipinski definition) is 4. The molecule has 0 unspecified atom stereocenters. The molecule has 0 bridgehead atoms. The summed E-state index contributed by atoms with van der Waals surface area (Å²) in [5.74, 6) is 1.27. The number of piperidine rings is 1. The van der Waals surface area contributed by atoms with Gasteiger partial charge in [-0.15, -0.1) is 0 Å². The average molecular weight is 286 g/mol. The molecule has 5 nitrogen and oxygen atoms in total. The number of nitrogens with zero attached hydrogens (tertiary/aromatic N) is 3. The van der Waals surface area contributed by atoms with Gasteiger partial charge in [-0.05, 0) is 37.9 Å². The van der Waals surface area contributed by atoms with Crippen LogP contribution in [0.1, 0.15) is 36.9 Å². The van der Waals surface area contributed by atoms with Gasteiger partial charge in [0.1, 0.15) is 0 Å². The van der Waals surface area contributed by atoms with E-state index in [4.69, 9.17) is 4.74 Å². The van der Waals surface area contributed by atoms with E-state index in [2.05, 4.69) is 32.2 Å². The van der Waals surface area contributed by atoms with Crippen molar-refractivity contribution in [2.75, 3.05) is 19.7 Å². The first-order valence-corrected chi connectivity index (χ1v) is 7.64. The Hall–Kier alpha value is -1.88. The van der Waals surface area contributed by atoms with E-state index in [1.54, 1.807) is 0 Å². The highest BCUT2D eigenvalue weighted by atomic mass is 16.5. The summed E-state index contributed by atoms with van der Waals surface area (Å²) in [6, 6.07) is 6.15. The van der Waals surface area contributed by atoms with E-state index in [9.17, 15) is 0 Å². The van der Waals surface area contributed by atoms with E-state index >= 15 is 0 Å². The van der Waals surface area contributed by atoms with Gasteiger partial charge >= 0.3 is 0 Å². The largest absolute Gasteiger partial charge is 0.478 e. The van der Waals surface area contributed by atoms with E-state index in [0.717, 1.165) is 19.6 Å². The smallest absolute Gasteiger partial charge is 0.213 e. The van der Waals surface area contributed by atoms with E-state index in [1.165, 1.54) is 24.1 Å². The number of hydrogen-bond donors (Lipinski definition) is 1. The Balaban J connectivity index is 1.59. The molecule has 1 saturated heterocycles. The molecule has 112 valence electrons. The van der Waals surface area contributed by atoms with Gasteiger partial charge in [-0.3, -0.25) is 10.00 Å².